The van der Waals surface area contributed by atoms with E-state index < -0.39 is 22.4 Å². The SMILES string of the molecule is O=[N+]([O-])c1ccc(CC(Cl)C2CC2)cc1C(F)(F)F. The molecule has 1 atom stereocenters. The summed E-state index contributed by atoms with van der Waals surface area (Å²) < 4.78 is 38.3. The molecule has 0 spiro atoms. The quantitative estimate of drug-likeness (QED) is 0.475. The van der Waals surface area contributed by atoms with Gasteiger partial charge in [-0.05, 0) is 36.8 Å². The lowest BCUT2D eigenvalue weighted by Gasteiger charge is -2.11. The van der Waals surface area contributed by atoms with Crippen LogP contribution in [-0.4, -0.2) is 10.3 Å². The van der Waals surface area contributed by atoms with E-state index in [1.807, 2.05) is 0 Å². The fraction of sp³-hybridized carbons (Fsp3) is 0.500. The number of halogens is 4. The first-order chi connectivity index (χ1) is 8.79. The predicted octanol–water partition coefficient (Wildman–Crippen LogP) is 4.17. The van der Waals surface area contributed by atoms with E-state index in [9.17, 15) is 23.3 Å². The lowest BCUT2D eigenvalue weighted by molar-refractivity contribution is -0.388. The summed E-state index contributed by atoms with van der Waals surface area (Å²) in [5, 5.41) is 10.4. The summed E-state index contributed by atoms with van der Waals surface area (Å²) in [7, 11) is 0. The van der Waals surface area contributed by atoms with E-state index in [0.717, 1.165) is 25.0 Å². The Morgan fingerprint density at radius 1 is 1.42 bits per heavy atom. The summed E-state index contributed by atoms with van der Waals surface area (Å²) >= 11 is 6.07. The zero-order valence-electron chi connectivity index (χ0n) is 9.78. The van der Waals surface area contributed by atoms with Gasteiger partial charge in [0.2, 0.25) is 0 Å². The smallest absolute Gasteiger partial charge is 0.258 e. The van der Waals surface area contributed by atoms with Crippen LogP contribution in [0, 0.1) is 16.0 Å². The third-order valence-electron chi connectivity index (χ3n) is 3.13. The molecule has 0 bridgehead atoms. The highest BCUT2D eigenvalue weighted by Crippen LogP contribution is 2.39. The average molecular weight is 294 g/mol. The van der Waals surface area contributed by atoms with Crippen LogP contribution in [0.25, 0.3) is 0 Å². The van der Waals surface area contributed by atoms with E-state index in [1.54, 1.807) is 0 Å². The second-order valence-corrected chi connectivity index (χ2v) is 5.22. The molecule has 0 saturated heterocycles. The van der Waals surface area contributed by atoms with Gasteiger partial charge in [0.05, 0.1) is 4.92 Å². The van der Waals surface area contributed by atoms with Crippen molar-refractivity contribution in [2.75, 3.05) is 0 Å². The monoisotopic (exact) mass is 293 g/mol. The Morgan fingerprint density at radius 2 is 2.05 bits per heavy atom. The maximum Gasteiger partial charge on any atom is 0.423 e. The molecule has 1 aromatic rings. The van der Waals surface area contributed by atoms with Gasteiger partial charge in [0.25, 0.3) is 5.69 Å². The molecule has 1 fully saturated rings. The van der Waals surface area contributed by atoms with Crippen molar-refractivity contribution >= 4 is 17.3 Å². The lowest BCUT2D eigenvalue weighted by Crippen LogP contribution is -2.11. The average Bonchev–Trinajstić information content (AvgIpc) is 3.11. The Bertz CT molecular complexity index is 500. The Morgan fingerprint density at radius 3 is 2.53 bits per heavy atom. The zero-order valence-corrected chi connectivity index (χ0v) is 10.5. The standard InChI is InChI=1S/C12H11ClF3NO2/c13-10(8-2-3-8)6-7-1-4-11(17(18)19)9(5-7)12(14,15)16/h1,4-5,8,10H,2-3,6H2. The Balaban J connectivity index is 2.29. The van der Waals surface area contributed by atoms with Gasteiger partial charge in [-0.15, -0.1) is 11.6 Å². The first-order valence-electron chi connectivity index (χ1n) is 5.77. The number of hydrogen-bond donors (Lipinski definition) is 0. The molecule has 1 aromatic carbocycles. The lowest BCUT2D eigenvalue weighted by atomic mass is 10.0. The van der Waals surface area contributed by atoms with Gasteiger partial charge in [0.1, 0.15) is 5.56 Å². The normalized spacial score (nSPS) is 17.3. The summed E-state index contributed by atoms with van der Waals surface area (Å²) in [5.41, 5.74) is -1.76. The third kappa shape index (κ3) is 3.37. The van der Waals surface area contributed by atoms with Gasteiger partial charge in [-0.25, -0.2) is 0 Å². The third-order valence-corrected chi connectivity index (χ3v) is 3.64. The second-order valence-electron chi connectivity index (χ2n) is 4.66. The van der Waals surface area contributed by atoms with E-state index in [4.69, 9.17) is 11.6 Å². The molecular formula is C12H11ClF3NO2. The van der Waals surface area contributed by atoms with E-state index in [1.165, 1.54) is 6.07 Å². The molecule has 0 amide bonds. The van der Waals surface area contributed by atoms with Gasteiger partial charge in [0, 0.05) is 11.4 Å². The molecular weight excluding hydrogens is 283 g/mol. The minimum atomic E-state index is -4.74. The Kier molecular flexibility index (Phi) is 3.71. The Hall–Kier alpha value is -1.30. The molecule has 7 heteroatoms. The van der Waals surface area contributed by atoms with Crippen LogP contribution in [0.3, 0.4) is 0 Å². The molecule has 0 N–H and O–H groups in total. The van der Waals surface area contributed by atoms with Crippen LogP contribution >= 0.6 is 11.6 Å². The fourth-order valence-electron chi connectivity index (χ4n) is 1.95. The van der Waals surface area contributed by atoms with Crippen molar-refractivity contribution in [3.05, 3.63) is 39.4 Å². The number of alkyl halides is 4. The predicted molar refractivity (Wildman–Crippen MR) is 64.2 cm³/mol. The van der Waals surface area contributed by atoms with Crippen LogP contribution < -0.4 is 0 Å². The maximum atomic E-state index is 12.8. The summed E-state index contributed by atoms with van der Waals surface area (Å²) in [5.74, 6) is 0.353. The van der Waals surface area contributed by atoms with Crippen molar-refractivity contribution in [3.8, 4) is 0 Å². The van der Waals surface area contributed by atoms with Gasteiger partial charge < -0.3 is 0 Å². The molecule has 3 nitrogen and oxygen atoms in total. The summed E-state index contributed by atoms with van der Waals surface area (Å²) in [6.45, 7) is 0. The largest absolute Gasteiger partial charge is 0.423 e. The van der Waals surface area contributed by atoms with Crippen LogP contribution in [-0.2, 0) is 12.6 Å². The molecule has 0 aromatic heterocycles. The molecule has 0 heterocycles. The maximum absolute atomic E-state index is 12.8. The van der Waals surface area contributed by atoms with Crippen molar-refractivity contribution in [2.24, 2.45) is 5.92 Å². The van der Waals surface area contributed by atoms with Gasteiger partial charge >= 0.3 is 6.18 Å². The first-order valence-corrected chi connectivity index (χ1v) is 6.21. The number of nitrogens with zero attached hydrogens (tertiary/aromatic N) is 1. The second kappa shape index (κ2) is 5.00. The Labute approximate surface area is 112 Å². The molecule has 1 saturated carbocycles. The van der Waals surface area contributed by atoms with Crippen LogP contribution in [0.2, 0.25) is 0 Å². The number of nitro benzene ring substituents is 1. The highest BCUT2D eigenvalue weighted by Gasteiger charge is 2.38. The summed E-state index contributed by atoms with van der Waals surface area (Å²) in [4.78, 5) is 9.58. The van der Waals surface area contributed by atoms with Crippen LogP contribution in [0.4, 0.5) is 18.9 Å². The van der Waals surface area contributed by atoms with Gasteiger partial charge in [-0.2, -0.15) is 13.2 Å². The van der Waals surface area contributed by atoms with Crippen LogP contribution in [0.5, 0.6) is 0 Å². The van der Waals surface area contributed by atoms with Crippen molar-refractivity contribution in [2.45, 2.75) is 30.8 Å². The molecule has 19 heavy (non-hydrogen) atoms. The van der Waals surface area contributed by atoms with Crippen molar-refractivity contribution < 1.29 is 18.1 Å². The zero-order chi connectivity index (χ0) is 14.2. The number of hydrogen-bond acceptors (Lipinski definition) is 2. The number of rotatable bonds is 4. The molecule has 2 rings (SSSR count). The van der Waals surface area contributed by atoms with Crippen molar-refractivity contribution in [1.82, 2.24) is 0 Å². The highest BCUT2D eigenvalue weighted by molar-refractivity contribution is 6.21. The molecule has 1 aliphatic carbocycles. The van der Waals surface area contributed by atoms with E-state index in [2.05, 4.69) is 0 Å². The summed E-state index contributed by atoms with van der Waals surface area (Å²) in [6, 6.07) is 3.07. The van der Waals surface area contributed by atoms with E-state index >= 15 is 0 Å². The van der Waals surface area contributed by atoms with Crippen molar-refractivity contribution in [3.63, 3.8) is 0 Å². The van der Waals surface area contributed by atoms with E-state index in [-0.39, 0.29) is 5.38 Å². The highest BCUT2D eigenvalue weighted by atomic mass is 35.5. The molecule has 1 unspecified atom stereocenters. The minimum Gasteiger partial charge on any atom is -0.258 e. The summed E-state index contributed by atoms with van der Waals surface area (Å²) in [6.07, 6.45) is -2.45. The minimum absolute atomic E-state index is 0.206. The first kappa shape index (κ1) is 14.1. The molecule has 0 aliphatic heterocycles. The van der Waals surface area contributed by atoms with Crippen LogP contribution in [0.1, 0.15) is 24.0 Å². The number of nitro groups is 1. The van der Waals surface area contributed by atoms with Gasteiger partial charge in [-0.1, -0.05) is 6.07 Å². The fourth-order valence-corrected chi connectivity index (χ4v) is 2.38. The molecule has 0 radical (unpaired) electrons. The van der Waals surface area contributed by atoms with E-state index in [0.29, 0.717) is 17.9 Å². The number of benzene rings is 1. The van der Waals surface area contributed by atoms with Crippen molar-refractivity contribution in [1.29, 1.82) is 0 Å². The molecule has 1 aliphatic rings. The van der Waals surface area contributed by atoms with Gasteiger partial charge in [-0.3, -0.25) is 10.1 Å². The van der Waals surface area contributed by atoms with Gasteiger partial charge in [0.15, 0.2) is 0 Å². The van der Waals surface area contributed by atoms with Crippen LogP contribution in [0.15, 0.2) is 18.2 Å². The molecule has 104 valence electrons. The topological polar surface area (TPSA) is 43.1 Å².